The van der Waals surface area contributed by atoms with Crippen molar-refractivity contribution in [3.63, 3.8) is 0 Å². The minimum Gasteiger partial charge on any atom is -0.342 e. The number of pyridine rings is 1. The number of amides is 1. The van der Waals surface area contributed by atoms with Gasteiger partial charge >= 0.3 is 0 Å². The predicted octanol–water partition coefficient (Wildman–Crippen LogP) is 3.41. The number of likely N-dealkylation sites (tertiary alicyclic amines) is 2. The number of hydrogen-bond donors (Lipinski definition) is 0. The maximum absolute atomic E-state index is 13.4. The fraction of sp³-hybridized carbons (Fsp3) is 0.760. The normalized spacial score (nSPS) is 26.8. The molecule has 0 N–H and O–H groups in total. The lowest BCUT2D eigenvalue weighted by Crippen LogP contribution is -2.52. The molecular formula is C25H38N4O. The molecule has 30 heavy (non-hydrogen) atoms. The summed E-state index contributed by atoms with van der Waals surface area (Å²) in [6, 6.07) is 5.45. The van der Waals surface area contributed by atoms with Crippen molar-refractivity contribution in [1.29, 1.82) is 0 Å². The molecule has 0 aromatic carbocycles. The van der Waals surface area contributed by atoms with Gasteiger partial charge in [0.05, 0.1) is 5.92 Å². The second-order valence-electron chi connectivity index (χ2n) is 10.3. The Morgan fingerprint density at radius 3 is 2.33 bits per heavy atom. The van der Waals surface area contributed by atoms with Crippen LogP contribution < -0.4 is 0 Å². The van der Waals surface area contributed by atoms with Crippen LogP contribution >= 0.6 is 0 Å². The Hall–Kier alpha value is -1.46. The number of carbonyl (C=O) groups excluding carboxylic acids is 1. The van der Waals surface area contributed by atoms with E-state index in [0.717, 1.165) is 44.4 Å². The van der Waals surface area contributed by atoms with Crippen LogP contribution in [0.5, 0.6) is 0 Å². The first kappa shape index (κ1) is 20.4. The van der Waals surface area contributed by atoms with Gasteiger partial charge in [0.15, 0.2) is 0 Å². The third-order valence-corrected chi connectivity index (χ3v) is 8.04. The minimum absolute atomic E-state index is 0.221. The van der Waals surface area contributed by atoms with Crippen molar-refractivity contribution in [2.24, 2.45) is 17.8 Å². The van der Waals surface area contributed by atoms with Gasteiger partial charge in [-0.2, -0.15) is 0 Å². The topological polar surface area (TPSA) is 39.7 Å². The van der Waals surface area contributed by atoms with Crippen LogP contribution in [0.1, 0.15) is 56.9 Å². The van der Waals surface area contributed by atoms with Gasteiger partial charge in [0.2, 0.25) is 5.91 Å². The predicted molar refractivity (Wildman–Crippen MR) is 119 cm³/mol. The summed E-state index contributed by atoms with van der Waals surface area (Å²) >= 11 is 0. The molecule has 2 aliphatic carbocycles. The SMILES string of the molecule is CN(C(=O)C1CCCN(C2CCN(Cc3ccncc3)CC2)C1)C(C1CC1)C1CC1. The lowest BCUT2D eigenvalue weighted by atomic mass is 9.92. The fourth-order valence-corrected chi connectivity index (χ4v) is 6.06. The minimum atomic E-state index is 0.221. The Labute approximate surface area is 181 Å². The maximum Gasteiger partial charge on any atom is 0.226 e. The highest BCUT2D eigenvalue weighted by Crippen LogP contribution is 2.47. The lowest BCUT2D eigenvalue weighted by Gasteiger charge is -2.43. The Bertz CT molecular complexity index is 697. The van der Waals surface area contributed by atoms with E-state index in [9.17, 15) is 4.79 Å². The molecule has 2 aliphatic heterocycles. The molecule has 5 heteroatoms. The van der Waals surface area contributed by atoms with E-state index < -0.39 is 0 Å². The molecule has 4 aliphatic rings. The molecule has 5 nitrogen and oxygen atoms in total. The molecular weight excluding hydrogens is 372 g/mol. The van der Waals surface area contributed by atoms with Gasteiger partial charge in [-0.15, -0.1) is 0 Å². The van der Waals surface area contributed by atoms with Gasteiger partial charge in [-0.1, -0.05) is 0 Å². The van der Waals surface area contributed by atoms with E-state index in [1.165, 1.54) is 57.1 Å². The molecule has 1 amide bonds. The van der Waals surface area contributed by atoms with Crippen molar-refractivity contribution < 1.29 is 4.79 Å². The zero-order valence-corrected chi connectivity index (χ0v) is 18.6. The van der Waals surface area contributed by atoms with Crippen molar-refractivity contribution in [3.8, 4) is 0 Å². The third-order valence-electron chi connectivity index (χ3n) is 8.04. The highest BCUT2D eigenvalue weighted by molar-refractivity contribution is 5.79. The standard InChI is InChI=1S/C25H38N4O/c1-27(24(20-4-5-20)21-6-7-21)25(30)22-3-2-14-29(18-22)23-10-15-28(16-11-23)17-19-8-12-26-13-9-19/h8-9,12-13,20-24H,2-7,10-11,14-18H2,1H3. The monoisotopic (exact) mass is 410 g/mol. The van der Waals surface area contributed by atoms with Crippen molar-refractivity contribution in [2.45, 2.75) is 70.0 Å². The summed E-state index contributed by atoms with van der Waals surface area (Å²) in [6.07, 6.45) is 13.9. The second kappa shape index (κ2) is 8.96. The lowest BCUT2D eigenvalue weighted by molar-refractivity contribution is -0.139. The van der Waals surface area contributed by atoms with Crippen LogP contribution in [0.3, 0.4) is 0 Å². The van der Waals surface area contributed by atoms with Crippen LogP contribution in [0.4, 0.5) is 0 Å². The molecule has 1 aromatic heterocycles. The Kier molecular flexibility index (Phi) is 6.10. The molecule has 5 rings (SSSR count). The zero-order chi connectivity index (χ0) is 20.5. The van der Waals surface area contributed by atoms with Gasteiger partial charge in [-0.05, 0) is 101 Å². The smallest absolute Gasteiger partial charge is 0.226 e. The van der Waals surface area contributed by atoms with Crippen molar-refractivity contribution in [1.82, 2.24) is 19.7 Å². The van der Waals surface area contributed by atoms with Crippen LogP contribution in [0, 0.1) is 17.8 Å². The van der Waals surface area contributed by atoms with E-state index in [1.54, 1.807) is 0 Å². The Morgan fingerprint density at radius 2 is 1.70 bits per heavy atom. The number of hydrogen-bond acceptors (Lipinski definition) is 4. The summed E-state index contributed by atoms with van der Waals surface area (Å²) in [5.74, 6) is 2.27. The summed E-state index contributed by atoms with van der Waals surface area (Å²) in [5, 5.41) is 0. The summed E-state index contributed by atoms with van der Waals surface area (Å²) in [4.78, 5) is 24.9. The first-order valence-electron chi connectivity index (χ1n) is 12.3. The van der Waals surface area contributed by atoms with E-state index in [2.05, 4.69) is 38.9 Å². The number of carbonyl (C=O) groups is 1. The first-order chi connectivity index (χ1) is 14.7. The van der Waals surface area contributed by atoms with Gasteiger partial charge < -0.3 is 4.90 Å². The van der Waals surface area contributed by atoms with E-state index in [4.69, 9.17) is 0 Å². The zero-order valence-electron chi connectivity index (χ0n) is 18.6. The van der Waals surface area contributed by atoms with Crippen LogP contribution in [0.2, 0.25) is 0 Å². The summed E-state index contributed by atoms with van der Waals surface area (Å²) in [6.45, 7) is 5.52. The van der Waals surface area contributed by atoms with Crippen molar-refractivity contribution >= 4 is 5.91 Å². The van der Waals surface area contributed by atoms with Crippen molar-refractivity contribution in [2.75, 3.05) is 33.2 Å². The number of nitrogens with zero attached hydrogens (tertiary/aromatic N) is 4. The quantitative estimate of drug-likeness (QED) is 0.691. The molecule has 3 heterocycles. The molecule has 2 saturated heterocycles. The molecule has 164 valence electrons. The van der Waals surface area contributed by atoms with E-state index in [0.29, 0.717) is 18.0 Å². The second-order valence-corrected chi connectivity index (χ2v) is 10.3. The fourth-order valence-electron chi connectivity index (χ4n) is 6.06. The van der Waals surface area contributed by atoms with E-state index >= 15 is 0 Å². The molecule has 1 unspecified atom stereocenters. The van der Waals surface area contributed by atoms with Gasteiger partial charge in [-0.3, -0.25) is 19.6 Å². The highest BCUT2D eigenvalue weighted by Gasteiger charge is 2.46. The third kappa shape index (κ3) is 4.72. The largest absolute Gasteiger partial charge is 0.342 e. The Morgan fingerprint density at radius 1 is 1.03 bits per heavy atom. The van der Waals surface area contributed by atoms with Gasteiger partial charge in [0.25, 0.3) is 0 Å². The number of piperidine rings is 2. The molecule has 0 bridgehead atoms. The first-order valence-corrected chi connectivity index (χ1v) is 12.3. The molecule has 0 spiro atoms. The Balaban J connectivity index is 1.13. The number of rotatable bonds is 7. The van der Waals surface area contributed by atoms with Crippen LogP contribution in [-0.4, -0.2) is 70.9 Å². The summed E-state index contributed by atoms with van der Waals surface area (Å²) in [7, 11) is 2.11. The van der Waals surface area contributed by atoms with Gasteiger partial charge in [-0.25, -0.2) is 0 Å². The molecule has 0 radical (unpaired) electrons. The van der Waals surface area contributed by atoms with Gasteiger partial charge in [0.1, 0.15) is 0 Å². The molecule has 1 aromatic rings. The van der Waals surface area contributed by atoms with Gasteiger partial charge in [0, 0.05) is 44.6 Å². The average Bonchev–Trinajstić information content (AvgIpc) is 3.71. The summed E-state index contributed by atoms with van der Waals surface area (Å²) < 4.78 is 0. The average molecular weight is 411 g/mol. The highest BCUT2D eigenvalue weighted by atomic mass is 16.2. The number of aromatic nitrogens is 1. The van der Waals surface area contributed by atoms with E-state index in [-0.39, 0.29) is 5.92 Å². The van der Waals surface area contributed by atoms with Crippen LogP contribution in [-0.2, 0) is 11.3 Å². The maximum atomic E-state index is 13.4. The molecule has 2 saturated carbocycles. The van der Waals surface area contributed by atoms with E-state index in [1.807, 2.05) is 12.4 Å². The van der Waals surface area contributed by atoms with Crippen molar-refractivity contribution in [3.05, 3.63) is 30.1 Å². The van der Waals surface area contributed by atoms with Crippen LogP contribution in [0.15, 0.2) is 24.5 Å². The molecule has 4 fully saturated rings. The molecule has 1 atom stereocenters. The van der Waals surface area contributed by atoms with Crippen LogP contribution in [0.25, 0.3) is 0 Å². The summed E-state index contributed by atoms with van der Waals surface area (Å²) in [5.41, 5.74) is 1.36.